The largest absolute Gasteiger partial charge is 0.459 e. The molecule has 0 saturated carbocycles. The van der Waals surface area contributed by atoms with E-state index >= 15 is 4.39 Å². The Morgan fingerprint density at radius 2 is 1.02 bits per heavy atom. The number of cyclic esters (lactones) is 2. The zero-order chi connectivity index (χ0) is 91.7. The van der Waals surface area contributed by atoms with Gasteiger partial charge in [0.05, 0.1) is 94.9 Å². The highest BCUT2D eigenvalue weighted by Gasteiger charge is 2.64. The maximum atomic E-state index is 17.2. The predicted molar refractivity (Wildman–Crippen MR) is 457 cm³/mol. The number of imidazole rings is 2. The Labute approximate surface area is 730 Å². The van der Waals surface area contributed by atoms with Crippen molar-refractivity contribution in [2.45, 2.75) is 315 Å². The number of rotatable bonds is 24. The van der Waals surface area contributed by atoms with Gasteiger partial charge in [-0.15, -0.1) is 0 Å². The van der Waals surface area contributed by atoms with Crippen LogP contribution in [0, 0.1) is 41.4 Å². The van der Waals surface area contributed by atoms with E-state index in [1.807, 2.05) is 125 Å². The van der Waals surface area contributed by atoms with Gasteiger partial charge in [0.15, 0.2) is 36.4 Å². The van der Waals surface area contributed by atoms with Crippen molar-refractivity contribution in [3.05, 3.63) is 74.1 Å². The Morgan fingerprint density at radius 1 is 0.581 bits per heavy atom. The van der Waals surface area contributed by atoms with E-state index in [4.69, 9.17) is 47.4 Å². The number of esters is 4. The number of fused-ring (bicyclic) bond motifs is 2. The van der Waals surface area contributed by atoms with Crippen molar-refractivity contribution in [1.82, 2.24) is 58.9 Å². The zero-order valence-electron chi connectivity index (χ0n) is 77.4. The second kappa shape index (κ2) is 41.5. The Balaban J connectivity index is 0.000000281. The van der Waals surface area contributed by atoms with Gasteiger partial charge in [0.2, 0.25) is 0 Å². The second-order valence-electron chi connectivity index (χ2n) is 36.7. The first-order valence-electron chi connectivity index (χ1n) is 43.9. The van der Waals surface area contributed by atoms with Crippen LogP contribution in [0.4, 0.5) is 14.0 Å². The van der Waals surface area contributed by atoms with Crippen molar-refractivity contribution < 1.29 is 99.7 Å². The van der Waals surface area contributed by atoms with Crippen molar-refractivity contribution in [2.75, 3.05) is 62.5 Å². The number of ether oxygens (including phenoxy) is 10. The molecule has 6 aliphatic rings. The number of urea groups is 2. The topological polar surface area (TPSA) is 353 Å². The molecule has 4 aromatic rings. The molecule has 26 atom stereocenters. The molecule has 688 valence electrons. The molecule has 6 fully saturated rings. The average molecular weight is 1740 g/mol. The van der Waals surface area contributed by atoms with Gasteiger partial charge in [0.25, 0.3) is 5.67 Å². The van der Waals surface area contributed by atoms with Crippen molar-refractivity contribution >= 4 is 59.1 Å². The maximum Gasteiger partial charge on any atom is 0.351 e. The number of amides is 4. The van der Waals surface area contributed by atoms with Gasteiger partial charge in [-0.1, -0.05) is 55.4 Å². The van der Waals surface area contributed by atoms with Crippen molar-refractivity contribution in [1.29, 1.82) is 0 Å². The van der Waals surface area contributed by atoms with Crippen LogP contribution in [0.2, 0.25) is 0 Å². The summed E-state index contributed by atoms with van der Waals surface area (Å²) < 4.78 is 83.5. The first kappa shape index (κ1) is 99.2. The normalized spacial score (nSPS) is 35.7. The third kappa shape index (κ3) is 21.5. The van der Waals surface area contributed by atoms with Crippen LogP contribution in [0.1, 0.15) is 189 Å². The standard InChI is InChI=1S/C46H69FN6O10.C45H68N6O10/c1-14-35-46(9)38(53(43(58)51(46)12)21-16-15-20-52-25-33(49-26-52)32-18-17-19-48-24-32)29(4)36(55)27(2)23-44(7,59-13)40(30(5)39(56)45(8,47)42(57)62-35)63-41-37(61-31(6)54)34(50(10)11)22-28(3)60-41;1-13-35-45(9)39(51(43(56)48-45)20-15-14-19-50-24-33(47-25-50)32-17-16-18-46-23-32)28(4)36(53)26(2)22-44(8,57-12)40(29(5)37(54)30(6)41(55)60-35)61-42-38(59-31(7)52)34(49(10)11)21-27(3)58-42/h17-19,24-30,34-35,37-38,40-41H,14-16,20-23H2,1-13H3;16-18,23-30,34-35,38-40,42H,13-15,19-22H2,1-12H3,(H,48,56)/t27-,28-,29+,30+,34+,35-,37-,38-,40-,41+,44+,45+,46-;26-,27-,28+,29+,30-,34+,35-,38-,39-,40-,42+,44+,45-/m11/s1. The number of alkyl halides is 1. The molecule has 124 heavy (non-hydrogen) atoms. The van der Waals surface area contributed by atoms with E-state index < -0.39 is 166 Å². The Kier molecular flexibility index (Phi) is 33.2. The van der Waals surface area contributed by atoms with Gasteiger partial charge in [0, 0.05) is 145 Å². The van der Waals surface area contributed by atoms with Crippen LogP contribution in [-0.4, -0.2) is 289 Å². The minimum Gasteiger partial charge on any atom is -0.459 e. The number of Topliss-reactive ketones (excluding diaryl/α,β-unsaturated/α-hetero) is 4. The molecule has 0 aromatic carbocycles. The molecule has 1 N–H and O–H groups in total. The summed E-state index contributed by atoms with van der Waals surface area (Å²) in [7, 11) is 12.0. The first-order valence-corrected chi connectivity index (χ1v) is 43.9. The number of methoxy groups -OCH3 is 2. The number of halogens is 1. The van der Waals surface area contributed by atoms with Gasteiger partial charge in [-0.25, -0.2) is 28.7 Å². The number of aryl methyl sites for hydroxylation is 2. The molecule has 4 amide bonds. The molecule has 6 aliphatic heterocycles. The van der Waals surface area contributed by atoms with Crippen LogP contribution in [-0.2, 0) is 98.8 Å². The number of unbranched alkanes of at least 4 members (excludes halogenated alkanes) is 2. The van der Waals surface area contributed by atoms with Crippen LogP contribution in [0.15, 0.2) is 74.1 Å². The molecule has 33 heteroatoms. The maximum absolute atomic E-state index is 17.2. The van der Waals surface area contributed by atoms with E-state index in [1.54, 1.807) is 103 Å². The van der Waals surface area contributed by atoms with Gasteiger partial charge < -0.3 is 86.3 Å². The van der Waals surface area contributed by atoms with Crippen LogP contribution in [0.3, 0.4) is 0 Å². The number of nitrogens with zero attached hydrogens (tertiary/aromatic N) is 11. The van der Waals surface area contributed by atoms with Gasteiger partial charge in [0.1, 0.15) is 29.7 Å². The van der Waals surface area contributed by atoms with Crippen molar-refractivity contribution in [2.24, 2.45) is 41.4 Å². The number of pyridine rings is 2. The number of nitrogens with one attached hydrogen (secondary N) is 1. The van der Waals surface area contributed by atoms with Gasteiger partial charge in [-0.05, 0) is 172 Å². The van der Waals surface area contributed by atoms with E-state index in [-0.39, 0.29) is 73.7 Å². The molecule has 0 aliphatic carbocycles. The third-order valence-corrected chi connectivity index (χ3v) is 27.1. The fraction of sp³-hybridized carbons (Fsp3) is 0.714. The number of carbonyl (C=O) groups excluding carboxylic acids is 10. The summed E-state index contributed by atoms with van der Waals surface area (Å²) in [5.74, 6) is -11.7. The summed E-state index contributed by atoms with van der Waals surface area (Å²) in [6.45, 7) is 31.6. The molecule has 0 unspecified atom stereocenters. The quantitative estimate of drug-likeness (QED) is 0.0295. The molecule has 32 nitrogen and oxygen atoms in total. The smallest absolute Gasteiger partial charge is 0.351 e. The monoisotopic (exact) mass is 1740 g/mol. The Bertz CT molecular complexity index is 4350. The number of likely N-dealkylation sites (N-methyl/N-ethyl adjacent to an activating group) is 3. The van der Waals surface area contributed by atoms with Crippen LogP contribution < -0.4 is 5.32 Å². The van der Waals surface area contributed by atoms with E-state index in [9.17, 15) is 47.9 Å². The lowest BCUT2D eigenvalue weighted by Crippen LogP contribution is -2.63. The molecule has 0 bridgehead atoms. The predicted octanol–water partition coefficient (Wildman–Crippen LogP) is 10.6. The molecular weight excluding hydrogens is 1600 g/mol. The lowest BCUT2D eigenvalue weighted by Gasteiger charge is -2.48. The fourth-order valence-electron chi connectivity index (χ4n) is 20.1. The van der Waals surface area contributed by atoms with Gasteiger partial charge in [-0.3, -0.25) is 43.5 Å². The SMILES string of the molecule is CC[C@H]1OC(=O)[C@@](C)(F)C(=O)[C@H](C)[C@@H](O[C@@H]2O[C@H](C)C[C@H](N(C)C)[C@H]2OC(C)=O)[C@@](C)(OC)C[C@@H](C)C(=O)[C@H](C)[C@H]2N(CCCCn3cnc(-c4cccnc4)c3)C(=O)N(C)[C@]12C.CC[C@H]1OC(=O)[C@H](C)C(=O)[C@H](C)[C@@H](O[C@@H]2O[C@H](C)C[C@H](N(C)C)[C@H]2OC(C)=O)[C@@](C)(OC)C[C@@H](C)C(=O)[C@H](C)[C@H]2N(CCCCn3cnc(-c4cccnc4)c3)C(=O)N[C@]12C. The third-order valence-electron chi connectivity index (χ3n) is 27.1. The molecular formula is C91H137FN12O20. The second-order valence-corrected chi connectivity index (χ2v) is 36.7. The number of aromatic nitrogens is 6. The van der Waals surface area contributed by atoms with Crippen LogP contribution >= 0.6 is 0 Å². The van der Waals surface area contributed by atoms with Gasteiger partial charge in [-0.2, -0.15) is 0 Å². The molecule has 10 rings (SSSR count). The van der Waals surface area contributed by atoms with E-state index in [2.05, 4.69) is 25.3 Å². The number of ketones is 4. The molecule has 4 aromatic heterocycles. The van der Waals surface area contributed by atoms with Crippen LogP contribution in [0.25, 0.3) is 22.5 Å². The number of carbonyl (C=O) groups is 10. The number of hydrogen-bond acceptors (Lipinski definition) is 26. The van der Waals surface area contributed by atoms with Crippen molar-refractivity contribution in [3.63, 3.8) is 0 Å². The average Bonchev–Trinajstić information content (AvgIpc) is 1.57. The summed E-state index contributed by atoms with van der Waals surface area (Å²) in [5.41, 5.74) is -5.01. The first-order chi connectivity index (χ1) is 58.3. The molecule has 0 spiro atoms. The van der Waals surface area contributed by atoms with E-state index in [0.717, 1.165) is 35.9 Å². The molecule has 10 heterocycles. The lowest BCUT2D eigenvalue weighted by atomic mass is 9.72. The summed E-state index contributed by atoms with van der Waals surface area (Å²) in [4.78, 5) is 166. The van der Waals surface area contributed by atoms with E-state index in [0.29, 0.717) is 58.2 Å². The summed E-state index contributed by atoms with van der Waals surface area (Å²) in [6, 6.07) is 4.75. The minimum atomic E-state index is -3.18. The fourth-order valence-corrected chi connectivity index (χ4v) is 20.1. The minimum absolute atomic E-state index is 0.00359. The molecule has 6 saturated heterocycles. The summed E-state index contributed by atoms with van der Waals surface area (Å²) in [6.07, 6.45) is 9.41. The van der Waals surface area contributed by atoms with Crippen molar-refractivity contribution in [3.8, 4) is 22.5 Å². The highest BCUT2D eigenvalue weighted by molar-refractivity contribution is 6.08. The highest BCUT2D eigenvalue weighted by atomic mass is 19.1. The highest BCUT2D eigenvalue weighted by Crippen LogP contribution is 2.47. The zero-order valence-corrected chi connectivity index (χ0v) is 77.4. The number of hydrogen-bond donors (Lipinski definition) is 1. The van der Waals surface area contributed by atoms with Crippen LogP contribution in [0.5, 0.6) is 0 Å². The summed E-state index contributed by atoms with van der Waals surface area (Å²) >= 11 is 0. The summed E-state index contributed by atoms with van der Waals surface area (Å²) in [5, 5.41) is 3.13. The van der Waals surface area contributed by atoms with Gasteiger partial charge >= 0.3 is 35.9 Å². The Morgan fingerprint density at radius 3 is 1.44 bits per heavy atom. The lowest BCUT2D eigenvalue weighted by molar-refractivity contribution is -0.298. The van der Waals surface area contributed by atoms with E-state index in [1.165, 1.54) is 46.8 Å². The Hall–Kier alpha value is -8.57. The molecule has 0 radical (unpaired) electrons.